The summed E-state index contributed by atoms with van der Waals surface area (Å²) in [5, 5.41) is 25.3. The predicted molar refractivity (Wildman–Crippen MR) is 135 cm³/mol. The minimum absolute atomic E-state index is 0.0400. The van der Waals surface area contributed by atoms with Crippen molar-refractivity contribution in [2.24, 2.45) is 5.73 Å². The van der Waals surface area contributed by atoms with Gasteiger partial charge in [-0.15, -0.1) is 0 Å². The summed E-state index contributed by atoms with van der Waals surface area (Å²) in [6, 6.07) is 5.78. The second-order valence-electron chi connectivity index (χ2n) is 8.96. The van der Waals surface area contributed by atoms with E-state index in [0.29, 0.717) is 37.3 Å². The SMILES string of the molecule is C=C/C(=C\C/C(N)=C\C#N)CNC(=O)[PH]12CCC(NC(=O)COc3ccc(Cl)c(F)c3)(CC1O)C2. The third kappa shape index (κ3) is 6.21. The average Bonchev–Trinajstić information content (AvgIpc) is 3.33. The Morgan fingerprint density at radius 1 is 1.49 bits per heavy atom. The molecule has 11 heteroatoms. The molecule has 0 radical (unpaired) electrons. The third-order valence-corrected chi connectivity index (χ3v) is 11.9. The van der Waals surface area contributed by atoms with Gasteiger partial charge in [0.2, 0.25) is 0 Å². The number of hydrogen-bond donors (Lipinski definition) is 4. The van der Waals surface area contributed by atoms with Gasteiger partial charge < -0.3 is 0 Å². The number of rotatable bonds is 10. The van der Waals surface area contributed by atoms with E-state index in [2.05, 4.69) is 17.2 Å². The van der Waals surface area contributed by atoms with Crippen molar-refractivity contribution >= 4 is 30.4 Å². The average molecular weight is 523 g/mol. The van der Waals surface area contributed by atoms with Crippen LogP contribution in [0.15, 0.2) is 54.3 Å². The van der Waals surface area contributed by atoms with Crippen LogP contribution in [0.3, 0.4) is 0 Å². The Hall–Kier alpha value is -2.92. The number of carbonyl (C=O) groups excluding carboxylic acids is 2. The molecule has 2 amide bonds. The number of carbonyl (C=O) groups is 2. The number of nitrogens with two attached hydrogens (primary N) is 1. The summed E-state index contributed by atoms with van der Waals surface area (Å²) in [6.45, 7) is 3.65. The second kappa shape index (κ2) is 11.2. The molecule has 188 valence electrons. The topological polar surface area (TPSA) is 137 Å². The monoisotopic (exact) mass is 522 g/mol. The van der Waals surface area contributed by atoms with Crippen molar-refractivity contribution in [2.45, 2.75) is 30.6 Å². The minimum atomic E-state index is -2.77. The molecule has 2 unspecified atom stereocenters. The van der Waals surface area contributed by atoms with Crippen molar-refractivity contribution in [3.05, 3.63) is 65.1 Å². The molecule has 1 aromatic carbocycles. The molecule has 0 spiro atoms. The van der Waals surface area contributed by atoms with Gasteiger partial charge in [0.1, 0.15) is 0 Å². The van der Waals surface area contributed by atoms with Crippen molar-refractivity contribution in [1.29, 1.82) is 5.26 Å². The number of ether oxygens (including phenoxy) is 1. The summed E-state index contributed by atoms with van der Waals surface area (Å²) in [6.07, 6.45) is 6.92. The fraction of sp³-hybridized carbons (Fsp3) is 0.375. The van der Waals surface area contributed by atoms with Gasteiger partial charge in [-0.1, -0.05) is 0 Å². The Labute approximate surface area is 209 Å². The van der Waals surface area contributed by atoms with Gasteiger partial charge in [-0.05, 0) is 0 Å². The van der Waals surface area contributed by atoms with E-state index in [-0.39, 0.29) is 29.6 Å². The van der Waals surface area contributed by atoms with Gasteiger partial charge in [0.15, 0.2) is 0 Å². The van der Waals surface area contributed by atoms with E-state index in [0.717, 1.165) is 11.6 Å². The van der Waals surface area contributed by atoms with E-state index >= 15 is 0 Å². The summed E-state index contributed by atoms with van der Waals surface area (Å²) in [5.74, 6) is -1.64. The van der Waals surface area contributed by atoms with Gasteiger partial charge in [-0.3, -0.25) is 0 Å². The van der Waals surface area contributed by atoms with Crippen LogP contribution < -0.4 is 21.1 Å². The molecule has 2 heterocycles. The van der Waals surface area contributed by atoms with E-state index in [1.54, 1.807) is 12.2 Å². The Kier molecular flexibility index (Phi) is 8.55. The van der Waals surface area contributed by atoms with E-state index in [1.165, 1.54) is 18.2 Å². The zero-order chi connectivity index (χ0) is 25.6. The molecule has 2 fully saturated rings. The molecule has 0 aromatic heterocycles. The number of nitriles is 1. The summed E-state index contributed by atoms with van der Waals surface area (Å²) >= 11 is 5.65. The number of aliphatic hydroxyl groups excluding tert-OH is 1. The molecule has 35 heavy (non-hydrogen) atoms. The molecular formula is C24H29ClFN4O4P. The number of allylic oxidation sites excluding steroid dienone is 2. The van der Waals surface area contributed by atoms with Crippen LogP contribution in [0.2, 0.25) is 5.02 Å². The Morgan fingerprint density at radius 2 is 2.26 bits per heavy atom. The van der Waals surface area contributed by atoms with Crippen molar-refractivity contribution in [3.8, 4) is 11.8 Å². The molecule has 2 atom stereocenters. The number of benzene rings is 1. The van der Waals surface area contributed by atoms with Crippen LogP contribution >= 0.6 is 18.9 Å². The van der Waals surface area contributed by atoms with E-state index in [4.69, 9.17) is 27.3 Å². The van der Waals surface area contributed by atoms with Gasteiger partial charge >= 0.3 is 209 Å². The third-order valence-electron chi connectivity index (χ3n) is 6.61. The molecule has 2 bridgehead atoms. The van der Waals surface area contributed by atoms with Crippen LogP contribution in [0.5, 0.6) is 5.75 Å². The zero-order valence-corrected chi connectivity index (χ0v) is 20.9. The van der Waals surface area contributed by atoms with Crippen LogP contribution in [-0.2, 0) is 4.79 Å². The fourth-order valence-corrected chi connectivity index (χ4v) is 10.1. The van der Waals surface area contributed by atoms with E-state index in [9.17, 15) is 19.1 Å². The summed E-state index contributed by atoms with van der Waals surface area (Å²) < 4.78 is 18.9. The standard InChI is InChI=1S/C24H29ClFN4O4P/c1-2-16(3-4-17(28)7-9-27)13-29-23(33)35-10-8-24(15-35,12-22(35)32)30-21(31)14-34-18-5-6-19(25)20(26)11-18/h2-3,5-7,11,22,32,35H,1,4,8,10,12-15,28H2,(H,29,33)(H,30,31)/b16-3+,17-7+. The predicted octanol–water partition coefficient (Wildman–Crippen LogP) is 3.17. The van der Waals surface area contributed by atoms with E-state index in [1.807, 2.05) is 6.07 Å². The van der Waals surface area contributed by atoms with Crippen LogP contribution in [0.25, 0.3) is 0 Å². The van der Waals surface area contributed by atoms with Crippen molar-refractivity contribution in [2.75, 3.05) is 25.5 Å². The van der Waals surface area contributed by atoms with Crippen LogP contribution in [-0.4, -0.2) is 53.5 Å². The number of aliphatic hydroxyl groups is 1. The van der Waals surface area contributed by atoms with Gasteiger partial charge in [-0.2, -0.15) is 0 Å². The first-order valence-electron chi connectivity index (χ1n) is 11.1. The molecular weight excluding hydrogens is 494 g/mol. The quantitative estimate of drug-likeness (QED) is 0.211. The molecule has 0 saturated carbocycles. The Morgan fingerprint density at radius 3 is 2.91 bits per heavy atom. The van der Waals surface area contributed by atoms with Gasteiger partial charge in [0.05, 0.1) is 0 Å². The first kappa shape index (κ1) is 26.7. The van der Waals surface area contributed by atoms with Gasteiger partial charge in [0, 0.05) is 0 Å². The number of fused-ring (bicyclic) bond motifs is 2. The Bertz CT molecular complexity index is 1120. The van der Waals surface area contributed by atoms with Crippen molar-refractivity contribution in [3.63, 3.8) is 0 Å². The van der Waals surface area contributed by atoms with Crippen LogP contribution in [0.1, 0.15) is 19.3 Å². The normalized spacial score (nSPS) is 23.8. The van der Waals surface area contributed by atoms with Crippen molar-refractivity contribution in [1.82, 2.24) is 10.6 Å². The van der Waals surface area contributed by atoms with Crippen LogP contribution in [0, 0.1) is 17.1 Å². The van der Waals surface area contributed by atoms with Crippen molar-refractivity contribution < 1.29 is 23.8 Å². The summed E-state index contributed by atoms with van der Waals surface area (Å²) in [7, 11) is -2.77. The number of halogens is 2. The fourth-order valence-electron chi connectivity index (χ4n) is 4.79. The number of nitrogens with one attached hydrogen (secondary N) is 2. The Balaban J connectivity index is 1.56. The molecule has 1 aromatic rings. The second-order valence-corrected chi connectivity index (χ2v) is 13.7. The molecule has 2 aliphatic heterocycles. The molecule has 8 nitrogen and oxygen atoms in total. The number of amides is 2. The molecule has 2 saturated heterocycles. The summed E-state index contributed by atoms with van der Waals surface area (Å²) in [4.78, 5) is 25.7. The maximum absolute atomic E-state index is 13.6. The molecule has 5 N–H and O–H groups in total. The summed E-state index contributed by atoms with van der Waals surface area (Å²) in [5.41, 5.74) is 6.06. The number of hydrogen-bond acceptors (Lipinski definition) is 6. The molecule has 0 aliphatic carbocycles. The number of nitrogens with zero attached hydrogens (tertiary/aromatic N) is 1. The first-order valence-corrected chi connectivity index (χ1v) is 14.0. The molecule has 3 rings (SSSR count). The maximum atomic E-state index is 13.6. The zero-order valence-electron chi connectivity index (χ0n) is 19.2. The van der Waals surface area contributed by atoms with Gasteiger partial charge in [0.25, 0.3) is 0 Å². The van der Waals surface area contributed by atoms with Crippen LogP contribution in [0.4, 0.5) is 9.18 Å². The van der Waals surface area contributed by atoms with Gasteiger partial charge in [-0.25, -0.2) is 0 Å². The first-order chi connectivity index (χ1) is 16.6. The van der Waals surface area contributed by atoms with E-state index < -0.39 is 30.4 Å². The molecule has 2 aliphatic rings.